The van der Waals surface area contributed by atoms with Crippen LogP contribution in [0.15, 0.2) is 10.2 Å². The number of ether oxygens (including phenoxy) is 2. The normalized spacial score (nSPS) is 20.7. The van der Waals surface area contributed by atoms with Crippen molar-refractivity contribution in [2.45, 2.75) is 118 Å². The number of carbonyl (C=O) groups excluding carboxylic acids is 2. The third-order valence-electron chi connectivity index (χ3n) is 7.08. The fourth-order valence-corrected chi connectivity index (χ4v) is 19.8. The Morgan fingerprint density at radius 1 is 1.00 bits per heavy atom. The molecule has 0 spiro atoms. The van der Waals surface area contributed by atoms with E-state index in [9.17, 15) is 9.59 Å². The van der Waals surface area contributed by atoms with E-state index in [2.05, 4.69) is 42.9 Å². The van der Waals surface area contributed by atoms with E-state index >= 15 is 0 Å². The van der Waals surface area contributed by atoms with Crippen LogP contribution < -0.4 is 0 Å². The van der Waals surface area contributed by atoms with Crippen LogP contribution in [0.1, 0.15) is 92.4 Å². The number of esters is 2. The first-order valence-electron chi connectivity index (χ1n) is 13.5. The molecule has 0 aromatic heterocycles. The Morgan fingerprint density at radius 3 is 2.06 bits per heavy atom. The zero-order valence-corrected chi connectivity index (χ0v) is 25.2. The molecule has 1 heterocycles. The van der Waals surface area contributed by atoms with Crippen LogP contribution in [0.2, 0.25) is 13.3 Å². The van der Waals surface area contributed by atoms with Crippen molar-refractivity contribution in [3.8, 4) is 0 Å². The van der Waals surface area contributed by atoms with Crippen molar-refractivity contribution in [3.05, 3.63) is 10.2 Å². The van der Waals surface area contributed by atoms with Crippen LogP contribution in [-0.4, -0.2) is 67.6 Å². The van der Waals surface area contributed by atoms with E-state index in [-0.39, 0.29) is 30.1 Å². The molecular weight excluding hydrogens is 521 g/mol. The van der Waals surface area contributed by atoms with E-state index in [0.717, 1.165) is 32.4 Å². The second kappa shape index (κ2) is 17.0. The molecule has 0 N–H and O–H groups in total. The molecule has 5 nitrogen and oxygen atoms in total. The fraction of sp³-hybridized carbons (Fsp3) is 0.852. The molecule has 6 heteroatoms. The Kier molecular flexibility index (Phi) is 15.7. The molecule has 0 saturated carbocycles. The van der Waals surface area contributed by atoms with Crippen molar-refractivity contribution >= 4 is 30.3 Å². The molecule has 0 amide bonds. The van der Waals surface area contributed by atoms with Gasteiger partial charge in [-0.25, -0.2) is 0 Å². The van der Waals surface area contributed by atoms with Crippen LogP contribution in [0.4, 0.5) is 0 Å². The number of unbranched alkanes of at least 4 members (excludes halogenated alkanes) is 3. The number of hydrogen-bond acceptors (Lipinski definition) is 5. The van der Waals surface area contributed by atoms with Gasteiger partial charge in [-0.2, -0.15) is 0 Å². The van der Waals surface area contributed by atoms with Gasteiger partial charge in [-0.3, -0.25) is 0 Å². The van der Waals surface area contributed by atoms with Crippen LogP contribution in [0.5, 0.6) is 0 Å². The average molecular weight is 572 g/mol. The summed E-state index contributed by atoms with van der Waals surface area (Å²) in [6.45, 7) is 11.6. The molecule has 3 atom stereocenters. The van der Waals surface area contributed by atoms with E-state index in [4.69, 9.17) is 9.47 Å². The van der Waals surface area contributed by atoms with Gasteiger partial charge in [0.1, 0.15) is 0 Å². The molecule has 1 aliphatic heterocycles. The van der Waals surface area contributed by atoms with Crippen molar-refractivity contribution in [3.63, 3.8) is 0 Å². The van der Waals surface area contributed by atoms with E-state index in [1.165, 1.54) is 65.7 Å². The second-order valence-electron chi connectivity index (χ2n) is 10.2. The molecule has 0 aromatic carbocycles. The molecule has 1 saturated heterocycles. The molecule has 3 unspecified atom stereocenters. The van der Waals surface area contributed by atoms with Gasteiger partial charge in [0.15, 0.2) is 0 Å². The van der Waals surface area contributed by atoms with Gasteiger partial charge in [-0.05, 0) is 0 Å². The van der Waals surface area contributed by atoms with E-state index in [1.807, 2.05) is 0 Å². The predicted octanol–water partition coefficient (Wildman–Crippen LogP) is 6.53. The van der Waals surface area contributed by atoms with Gasteiger partial charge in [0.2, 0.25) is 0 Å². The SMILES string of the molecule is CCC[CH2][Sn]([CH]=CCCC(OC(C)=O)C1CN(C)CCC1OC(C)=O)([CH2]CCC)[CH2]CCC. The van der Waals surface area contributed by atoms with Gasteiger partial charge < -0.3 is 0 Å². The average Bonchev–Trinajstić information content (AvgIpc) is 2.77. The van der Waals surface area contributed by atoms with E-state index < -0.39 is 18.4 Å². The summed E-state index contributed by atoms with van der Waals surface area (Å²) in [5, 5.41) is 0. The first kappa shape index (κ1) is 30.5. The summed E-state index contributed by atoms with van der Waals surface area (Å²) < 4.78 is 18.6. The van der Waals surface area contributed by atoms with E-state index in [0.29, 0.717) is 0 Å². The summed E-state index contributed by atoms with van der Waals surface area (Å²) in [5.74, 6) is -0.475. The van der Waals surface area contributed by atoms with Gasteiger partial charge in [0.25, 0.3) is 0 Å². The number of rotatable bonds is 16. The van der Waals surface area contributed by atoms with Crippen LogP contribution in [0.3, 0.4) is 0 Å². The van der Waals surface area contributed by atoms with E-state index in [1.54, 1.807) is 0 Å². The maximum absolute atomic E-state index is 11.9. The minimum absolute atomic E-state index is 0.0264. The van der Waals surface area contributed by atoms with Gasteiger partial charge in [-0.1, -0.05) is 0 Å². The fourth-order valence-electron chi connectivity index (χ4n) is 5.23. The van der Waals surface area contributed by atoms with Gasteiger partial charge in [-0.15, -0.1) is 0 Å². The Labute approximate surface area is 207 Å². The van der Waals surface area contributed by atoms with Crippen molar-refractivity contribution in [1.29, 1.82) is 0 Å². The molecule has 0 aliphatic carbocycles. The monoisotopic (exact) mass is 573 g/mol. The number of carbonyl (C=O) groups is 2. The Morgan fingerprint density at radius 2 is 1.58 bits per heavy atom. The Balaban J connectivity index is 2.94. The summed E-state index contributed by atoms with van der Waals surface area (Å²) in [4.78, 5) is 25.8. The molecule has 33 heavy (non-hydrogen) atoms. The third kappa shape index (κ3) is 12.1. The summed E-state index contributed by atoms with van der Waals surface area (Å²) in [7, 11) is 2.08. The zero-order valence-electron chi connectivity index (χ0n) is 22.4. The summed E-state index contributed by atoms with van der Waals surface area (Å²) in [5.41, 5.74) is 0. The summed E-state index contributed by atoms with van der Waals surface area (Å²) in [6.07, 6.45) is 12.5. The number of hydrogen-bond donors (Lipinski definition) is 0. The first-order valence-corrected chi connectivity index (χ1v) is 21.2. The van der Waals surface area contributed by atoms with Gasteiger partial charge in [0.05, 0.1) is 0 Å². The van der Waals surface area contributed by atoms with Crippen molar-refractivity contribution < 1.29 is 19.1 Å². The maximum atomic E-state index is 11.9. The van der Waals surface area contributed by atoms with Crippen LogP contribution in [0.25, 0.3) is 0 Å². The number of likely N-dealkylation sites (tertiary alicyclic amines) is 1. The van der Waals surface area contributed by atoms with Crippen molar-refractivity contribution in [2.24, 2.45) is 5.92 Å². The van der Waals surface area contributed by atoms with Crippen LogP contribution in [0, 0.1) is 5.92 Å². The Hall–Kier alpha value is -0.561. The number of piperidine rings is 1. The van der Waals surface area contributed by atoms with Crippen LogP contribution >= 0.6 is 0 Å². The summed E-state index contributed by atoms with van der Waals surface area (Å²) >= 11 is -2.29. The third-order valence-corrected chi connectivity index (χ3v) is 21.3. The zero-order chi connectivity index (χ0) is 24.7. The van der Waals surface area contributed by atoms with Gasteiger partial charge in [0, 0.05) is 0 Å². The molecule has 1 aliphatic rings. The molecule has 1 rings (SSSR count). The molecule has 0 radical (unpaired) electrons. The standard InChI is InChI=1S/C15H24NO4.3C4H9.Sn/c1-5-6-7-14(19-11(2)17)13-10-16(4)9-8-15(13)20-12(3)18;3*1-3-4-2;/h1,5,13-15H,6-10H2,2-4H3;3*1,3-4H2,2H3;. The molecule has 0 bridgehead atoms. The van der Waals surface area contributed by atoms with Gasteiger partial charge >= 0.3 is 208 Å². The topological polar surface area (TPSA) is 55.8 Å². The second-order valence-corrected chi connectivity index (χ2v) is 23.2. The predicted molar refractivity (Wildman–Crippen MR) is 140 cm³/mol. The van der Waals surface area contributed by atoms with Crippen LogP contribution in [-0.2, 0) is 19.1 Å². The Bertz CT molecular complexity index is 573. The number of allylic oxidation sites excluding steroid dienone is 1. The first-order chi connectivity index (χ1) is 15.8. The molecule has 192 valence electrons. The quantitative estimate of drug-likeness (QED) is 0.156. The molecular formula is C27H51NO4Sn. The van der Waals surface area contributed by atoms with Crippen molar-refractivity contribution in [2.75, 3.05) is 20.1 Å². The van der Waals surface area contributed by atoms with Crippen molar-refractivity contribution in [1.82, 2.24) is 4.90 Å². The molecule has 0 aromatic rings. The molecule has 1 fully saturated rings. The minimum atomic E-state index is -2.29. The number of nitrogens with zero attached hydrogens (tertiary/aromatic N) is 1. The summed E-state index contributed by atoms with van der Waals surface area (Å²) in [6, 6.07) is 0.